The molecule has 4 heteroatoms. The number of para-hydroxylation sites is 1. The largest absolute Gasteiger partial charge is 0.478 e. The lowest BCUT2D eigenvalue weighted by Gasteiger charge is -2.01. The molecule has 1 aromatic heterocycles. The third-order valence-electron chi connectivity index (χ3n) is 4.07. The molecule has 0 bridgehead atoms. The first kappa shape index (κ1) is 12.1. The van der Waals surface area contributed by atoms with E-state index in [0.29, 0.717) is 17.0 Å². The molecule has 0 radical (unpaired) electrons. The summed E-state index contributed by atoms with van der Waals surface area (Å²) in [4.78, 5) is 15.7. The number of fused-ring (bicyclic) bond motifs is 2. The van der Waals surface area contributed by atoms with Gasteiger partial charge in [-0.25, -0.2) is 9.78 Å². The van der Waals surface area contributed by atoms with Crippen molar-refractivity contribution in [2.45, 2.75) is 18.8 Å². The molecular formula is C17H13NO3. The van der Waals surface area contributed by atoms with Gasteiger partial charge in [0.05, 0.1) is 5.56 Å². The van der Waals surface area contributed by atoms with Gasteiger partial charge in [-0.1, -0.05) is 30.3 Å². The Balaban J connectivity index is 1.76. The molecule has 2 aromatic carbocycles. The molecule has 4 nitrogen and oxygen atoms in total. The minimum atomic E-state index is -0.977. The van der Waals surface area contributed by atoms with Gasteiger partial charge in [0.1, 0.15) is 5.52 Å². The van der Waals surface area contributed by atoms with Crippen molar-refractivity contribution in [3.05, 3.63) is 65.0 Å². The van der Waals surface area contributed by atoms with E-state index in [9.17, 15) is 9.90 Å². The Kier molecular flexibility index (Phi) is 2.57. The maximum Gasteiger partial charge on any atom is 0.338 e. The topological polar surface area (TPSA) is 63.3 Å². The summed E-state index contributed by atoms with van der Waals surface area (Å²) in [5.41, 5.74) is 3.82. The van der Waals surface area contributed by atoms with Crippen molar-refractivity contribution >= 4 is 17.1 Å². The van der Waals surface area contributed by atoms with E-state index in [4.69, 9.17) is 4.42 Å². The summed E-state index contributed by atoms with van der Waals surface area (Å²) in [6, 6.07) is 13.3. The Morgan fingerprint density at radius 2 is 1.81 bits per heavy atom. The Labute approximate surface area is 121 Å². The van der Waals surface area contributed by atoms with Gasteiger partial charge in [-0.15, -0.1) is 0 Å². The Hall–Kier alpha value is -2.62. The fourth-order valence-electron chi connectivity index (χ4n) is 3.05. The van der Waals surface area contributed by atoms with Crippen LogP contribution >= 0.6 is 0 Å². The molecule has 0 unspecified atom stereocenters. The molecule has 1 aliphatic rings. The Bertz CT molecular complexity index is 825. The summed E-state index contributed by atoms with van der Waals surface area (Å²) in [5, 5.41) is 9.22. The zero-order valence-corrected chi connectivity index (χ0v) is 11.2. The van der Waals surface area contributed by atoms with Crippen LogP contribution in [0.25, 0.3) is 11.1 Å². The van der Waals surface area contributed by atoms with Gasteiger partial charge in [0.2, 0.25) is 0 Å². The zero-order valence-electron chi connectivity index (χ0n) is 11.2. The van der Waals surface area contributed by atoms with E-state index in [1.165, 1.54) is 11.1 Å². The van der Waals surface area contributed by atoms with E-state index in [-0.39, 0.29) is 11.5 Å². The quantitative estimate of drug-likeness (QED) is 0.780. The van der Waals surface area contributed by atoms with Crippen molar-refractivity contribution in [2.75, 3.05) is 0 Å². The summed E-state index contributed by atoms with van der Waals surface area (Å²) < 4.78 is 5.80. The number of oxazole rings is 1. The lowest BCUT2D eigenvalue weighted by Crippen LogP contribution is -1.99. The Morgan fingerprint density at radius 1 is 1.10 bits per heavy atom. The van der Waals surface area contributed by atoms with E-state index >= 15 is 0 Å². The number of benzene rings is 2. The van der Waals surface area contributed by atoms with Gasteiger partial charge in [-0.05, 0) is 36.1 Å². The predicted octanol–water partition coefficient (Wildman–Crippen LogP) is 3.41. The second-order valence-electron chi connectivity index (χ2n) is 5.38. The third kappa shape index (κ3) is 1.91. The normalized spacial score (nSPS) is 14.5. The summed E-state index contributed by atoms with van der Waals surface area (Å²) in [6.45, 7) is 0. The zero-order chi connectivity index (χ0) is 14.4. The number of hydrogen-bond donors (Lipinski definition) is 1. The van der Waals surface area contributed by atoms with E-state index in [1.807, 2.05) is 12.1 Å². The van der Waals surface area contributed by atoms with Gasteiger partial charge >= 0.3 is 5.97 Å². The van der Waals surface area contributed by atoms with Crippen LogP contribution in [-0.4, -0.2) is 16.1 Å². The van der Waals surface area contributed by atoms with Gasteiger partial charge in [-0.2, -0.15) is 0 Å². The first-order valence-corrected chi connectivity index (χ1v) is 6.92. The second-order valence-corrected chi connectivity index (χ2v) is 5.38. The summed E-state index contributed by atoms with van der Waals surface area (Å²) in [7, 11) is 0. The maximum atomic E-state index is 11.2. The van der Waals surface area contributed by atoms with Crippen LogP contribution in [0.2, 0.25) is 0 Å². The van der Waals surface area contributed by atoms with Crippen molar-refractivity contribution in [1.29, 1.82) is 0 Å². The van der Waals surface area contributed by atoms with Gasteiger partial charge in [0, 0.05) is 5.92 Å². The molecule has 4 rings (SSSR count). The van der Waals surface area contributed by atoms with Crippen LogP contribution in [-0.2, 0) is 12.8 Å². The lowest BCUT2D eigenvalue weighted by atomic mass is 10.1. The standard InChI is InChI=1S/C17H13NO3/c19-17(20)13-6-3-7-14-15(13)18-16(21-14)12-8-10-4-1-2-5-11(10)9-12/h1-7,12H,8-9H2,(H,19,20). The molecule has 0 atom stereocenters. The van der Waals surface area contributed by atoms with Crippen LogP contribution in [0.1, 0.15) is 33.3 Å². The molecule has 0 aliphatic heterocycles. The molecule has 104 valence electrons. The molecule has 0 amide bonds. The van der Waals surface area contributed by atoms with Crippen molar-refractivity contribution in [3.8, 4) is 0 Å². The molecule has 0 saturated heterocycles. The molecule has 1 heterocycles. The van der Waals surface area contributed by atoms with Crippen molar-refractivity contribution in [1.82, 2.24) is 4.98 Å². The number of aromatic nitrogens is 1. The highest BCUT2D eigenvalue weighted by molar-refractivity contribution is 6.00. The van der Waals surface area contributed by atoms with Gasteiger partial charge in [0.25, 0.3) is 0 Å². The first-order valence-electron chi connectivity index (χ1n) is 6.92. The second kappa shape index (κ2) is 4.45. The molecular weight excluding hydrogens is 266 g/mol. The number of nitrogens with zero attached hydrogens (tertiary/aromatic N) is 1. The third-order valence-corrected chi connectivity index (χ3v) is 4.07. The average molecular weight is 279 g/mol. The van der Waals surface area contributed by atoms with E-state index in [1.54, 1.807) is 18.2 Å². The highest BCUT2D eigenvalue weighted by Crippen LogP contribution is 2.35. The number of hydrogen-bond acceptors (Lipinski definition) is 3. The number of aromatic carboxylic acids is 1. The molecule has 0 saturated carbocycles. The predicted molar refractivity (Wildman–Crippen MR) is 77.6 cm³/mol. The highest BCUT2D eigenvalue weighted by Gasteiger charge is 2.27. The van der Waals surface area contributed by atoms with Crippen LogP contribution in [0.4, 0.5) is 0 Å². The number of carboxylic acid groups (broad SMARTS) is 1. The van der Waals surface area contributed by atoms with Crippen LogP contribution in [0.3, 0.4) is 0 Å². The molecule has 1 N–H and O–H groups in total. The molecule has 0 spiro atoms. The van der Waals surface area contributed by atoms with E-state index < -0.39 is 5.97 Å². The Morgan fingerprint density at radius 3 is 2.48 bits per heavy atom. The summed E-state index contributed by atoms with van der Waals surface area (Å²) in [5.74, 6) is -0.151. The van der Waals surface area contributed by atoms with Gasteiger partial charge < -0.3 is 9.52 Å². The van der Waals surface area contributed by atoms with Crippen LogP contribution in [0.5, 0.6) is 0 Å². The van der Waals surface area contributed by atoms with E-state index in [0.717, 1.165) is 12.8 Å². The van der Waals surface area contributed by atoms with Crippen molar-refractivity contribution in [3.63, 3.8) is 0 Å². The van der Waals surface area contributed by atoms with Crippen molar-refractivity contribution < 1.29 is 14.3 Å². The number of rotatable bonds is 2. The smallest absolute Gasteiger partial charge is 0.338 e. The summed E-state index contributed by atoms with van der Waals surface area (Å²) in [6.07, 6.45) is 1.79. The SMILES string of the molecule is O=C(O)c1cccc2oc(C3Cc4ccccc4C3)nc12. The molecule has 1 aliphatic carbocycles. The average Bonchev–Trinajstić information content (AvgIpc) is 3.09. The fraction of sp³-hybridized carbons (Fsp3) is 0.176. The van der Waals surface area contributed by atoms with Crippen molar-refractivity contribution in [2.24, 2.45) is 0 Å². The minimum absolute atomic E-state index is 0.191. The van der Waals surface area contributed by atoms with Gasteiger partial charge in [-0.3, -0.25) is 0 Å². The monoisotopic (exact) mass is 279 g/mol. The van der Waals surface area contributed by atoms with Crippen LogP contribution in [0.15, 0.2) is 46.9 Å². The fourth-order valence-corrected chi connectivity index (χ4v) is 3.05. The number of carboxylic acids is 1. The highest BCUT2D eigenvalue weighted by atomic mass is 16.4. The molecule has 21 heavy (non-hydrogen) atoms. The lowest BCUT2D eigenvalue weighted by molar-refractivity contribution is 0.0699. The molecule has 3 aromatic rings. The minimum Gasteiger partial charge on any atom is -0.478 e. The first-order chi connectivity index (χ1) is 10.2. The summed E-state index contributed by atoms with van der Waals surface area (Å²) >= 11 is 0. The number of carbonyl (C=O) groups is 1. The molecule has 0 fully saturated rings. The van der Waals surface area contributed by atoms with Crippen LogP contribution in [0, 0.1) is 0 Å². The maximum absolute atomic E-state index is 11.2. The van der Waals surface area contributed by atoms with Gasteiger partial charge in [0.15, 0.2) is 11.5 Å². The van der Waals surface area contributed by atoms with E-state index in [2.05, 4.69) is 17.1 Å². The van der Waals surface area contributed by atoms with Crippen LogP contribution < -0.4 is 0 Å².